The van der Waals surface area contributed by atoms with Gasteiger partial charge in [-0.15, -0.1) is 0 Å². The Hall–Kier alpha value is -2.99. The van der Waals surface area contributed by atoms with E-state index in [-0.39, 0.29) is 12.3 Å². The van der Waals surface area contributed by atoms with Gasteiger partial charge in [0, 0.05) is 5.02 Å². The van der Waals surface area contributed by atoms with Crippen LogP contribution in [0.2, 0.25) is 5.02 Å². The molecule has 26 heavy (non-hydrogen) atoms. The number of nitrogens with one attached hydrogen (secondary N) is 1. The van der Waals surface area contributed by atoms with Gasteiger partial charge in [-0.05, 0) is 37.3 Å². The van der Waals surface area contributed by atoms with Crippen LogP contribution in [0.5, 0.6) is 11.5 Å². The van der Waals surface area contributed by atoms with E-state index in [0.29, 0.717) is 33.5 Å². The highest BCUT2D eigenvalue weighted by Crippen LogP contribution is 2.25. The first-order valence-electron chi connectivity index (χ1n) is 7.86. The largest absolute Gasteiger partial charge is 0.495 e. The van der Waals surface area contributed by atoms with E-state index in [2.05, 4.69) is 10.5 Å². The molecule has 0 unspecified atom stereocenters. The quantitative estimate of drug-likeness (QED) is 0.690. The lowest BCUT2D eigenvalue weighted by Gasteiger charge is -2.10. The number of carbonyl (C=O) groups excluding carboxylic acids is 1. The number of amides is 1. The van der Waals surface area contributed by atoms with Gasteiger partial charge in [0.1, 0.15) is 23.9 Å². The Morgan fingerprint density at radius 3 is 2.81 bits per heavy atom. The molecular formula is C19H17ClN2O4. The van der Waals surface area contributed by atoms with Gasteiger partial charge in [0.2, 0.25) is 0 Å². The monoisotopic (exact) mass is 372 g/mol. The van der Waals surface area contributed by atoms with Crippen molar-refractivity contribution in [2.24, 2.45) is 0 Å². The number of benzene rings is 2. The number of para-hydroxylation sites is 2. The van der Waals surface area contributed by atoms with Gasteiger partial charge in [-0.3, -0.25) is 4.79 Å². The predicted molar refractivity (Wildman–Crippen MR) is 98.0 cm³/mol. The number of aromatic nitrogens is 1. The van der Waals surface area contributed by atoms with Gasteiger partial charge >= 0.3 is 0 Å². The first-order valence-corrected chi connectivity index (χ1v) is 8.24. The summed E-state index contributed by atoms with van der Waals surface area (Å²) < 4.78 is 16.1. The van der Waals surface area contributed by atoms with Gasteiger partial charge in [-0.25, -0.2) is 0 Å². The summed E-state index contributed by atoms with van der Waals surface area (Å²) in [4.78, 5) is 12.6. The first kappa shape index (κ1) is 17.8. The molecule has 0 aliphatic heterocycles. The zero-order chi connectivity index (χ0) is 18.5. The normalized spacial score (nSPS) is 10.4. The number of methoxy groups -OCH3 is 1. The van der Waals surface area contributed by atoms with Crippen LogP contribution in [-0.4, -0.2) is 18.2 Å². The maximum atomic E-state index is 12.6. The molecule has 1 N–H and O–H groups in total. The highest BCUT2D eigenvalue weighted by Gasteiger charge is 2.21. The number of anilines is 1. The average Bonchev–Trinajstić information content (AvgIpc) is 3.01. The van der Waals surface area contributed by atoms with Gasteiger partial charge < -0.3 is 19.3 Å². The topological polar surface area (TPSA) is 73.6 Å². The Balaban J connectivity index is 1.77. The van der Waals surface area contributed by atoms with Crippen molar-refractivity contribution < 1.29 is 18.8 Å². The second kappa shape index (κ2) is 7.93. The van der Waals surface area contributed by atoms with Crippen LogP contribution in [0.4, 0.5) is 5.69 Å². The van der Waals surface area contributed by atoms with E-state index in [4.69, 9.17) is 25.6 Å². The van der Waals surface area contributed by atoms with Crippen LogP contribution < -0.4 is 14.8 Å². The highest BCUT2D eigenvalue weighted by molar-refractivity contribution is 6.30. The number of aryl methyl sites for hydroxylation is 1. The summed E-state index contributed by atoms with van der Waals surface area (Å²) >= 11 is 5.95. The molecule has 1 aromatic heterocycles. The predicted octanol–water partition coefficient (Wildman–Crippen LogP) is 4.48. The Morgan fingerprint density at radius 1 is 1.23 bits per heavy atom. The van der Waals surface area contributed by atoms with Crippen LogP contribution in [0.25, 0.3) is 0 Å². The zero-order valence-corrected chi connectivity index (χ0v) is 15.0. The Labute approximate surface area is 155 Å². The Morgan fingerprint density at radius 2 is 2.04 bits per heavy atom. The van der Waals surface area contributed by atoms with Gasteiger partial charge in [0.25, 0.3) is 5.91 Å². The van der Waals surface area contributed by atoms with Crippen LogP contribution >= 0.6 is 11.6 Å². The molecule has 0 aliphatic rings. The van der Waals surface area contributed by atoms with Crippen LogP contribution in [0, 0.1) is 6.92 Å². The number of carbonyl (C=O) groups is 1. The third kappa shape index (κ3) is 3.97. The van der Waals surface area contributed by atoms with Crippen molar-refractivity contribution in [2.45, 2.75) is 13.5 Å². The SMILES string of the molecule is COc1ccccc1NC(=O)c1noc(C)c1COc1cccc(Cl)c1. The summed E-state index contributed by atoms with van der Waals surface area (Å²) in [5.74, 6) is 1.25. The van der Waals surface area contributed by atoms with Crippen LogP contribution in [0.15, 0.2) is 53.1 Å². The number of hydrogen-bond donors (Lipinski definition) is 1. The Bertz CT molecular complexity index is 923. The lowest BCUT2D eigenvalue weighted by Crippen LogP contribution is -2.16. The molecule has 0 spiro atoms. The molecular weight excluding hydrogens is 356 g/mol. The molecule has 0 radical (unpaired) electrons. The number of hydrogen-bond acceptors (Lipinski definition) is 5. The van der Waals surface area contributed by atoms with Crippen LogP contribution in [0.1, 0.15) is 21.8 Å². The van der Waals surface area contributed by atoms with E-state index in [1.807, 2.05) is 6.07 Å². The van der Waals surface area contributed by atoms with E-state index in [1.54, 1.807) is 49.4 Å². The minimum absolute atomic E-state index is 0.129. The van der Waals surface area contributed by atoms with E-state index in [0.717, 1.165) is 0 Å². The van der Waals surface area contributed by atoms with Gasteiger partial charge in [0.15, 0.2) is 5.69 Å². The third-order valence-electron chi connectivity index (χ3n) is 3.73. The summed E-state index contributed by atoms with van der Waals surface area (Å²) in [7, 11) is 1.54. The molecule has 0 saturated carbocycles. The molecule has 0 saturated heterocycles. The molecule has 3 aromatic rings. The Kier molecular flexibility index (Phi) is 5.43. The molecule has 1 amide bonds. The summed E-state index contributed by atoms with van der Waals surface area (Å²) in [5, 5.41) is 7.21. The number of nitrogens with zero attached hydrogens (tertiary/aromatic N) is 1. The zero-order valence-electron chi connectivity index (χ0n) is 14.3. The minimum atomic E-state index is -0.406. The van der Waals surface area contributed by atoms with Gasteiger partial charge in [-0.1, -0.05) is 35.0 Å². The van der Waals surface area contributed by atoms with Gasteiger partial charge in [0.05, 0.1) is 18.4 Å². The molecule has 1 heterocycles. The highest BCUT2D eigenvalue weighted by atomic mass is 35.5. The standard InChI is InChI=1S/C19H17ClN2O4/c1-12-15(11-25-14-7-5-6-13(20)10-14)18(22-26-12)19(23)21-16-8-3-4-9-17(16)24-2/h3-10H,11H2,1-2H3,(H,21,23). The van der Waals surface area contributed by atoms with Crippen molar-refractivity contribution in [3.05, 3.63) is 70.6 Å². The number of ether oxygens (including phenoxy) is 2. The number of rotatable bonds is 6. The molecule has 6 nitrogen and oxygen atoms in total. The van der Waals surface area contributed by atoms with Gasteiger partial charge in [-0.2, -0.15) is 0 Å². The summed E-state index contributed by atoms with van der Waals surface area (Å²) in [5.41, 5.74) is 1.27. The number of halogens is 1. The van der Waals surface area contributed by atoms with Crippen molar-refractivity contribution >= 4 is 23.2 Å². The van der Waals surface area contributed by atoms with E-state index in [1.165, 1.54) is 7.11 Å². The maximum Gasteiger partial charge on any atom is 0.278 e. The molecule has 3 rings (SSSR count). The minimum Gasteiger partial charge on any atom is -0.495 e. The lowest BCUT2D eigenvalue weighted by atomic mass is 10.2. The second-order valence-electron chi connectivity index (χ2n) is 5.47. The fraction of sp³-hybridized carbons (Fsp3) is 0.158. The van der Waals surface area contributed by atoms with Crippen LogP contribution in [0.3, 0.4) is 0 Å². The fourth-order valence-corrected chi connectivity index (χ4v) is 2.56. The van der Waals surface area contributed by atoms with Crippen molar-refractivity contribution in [1.82, 2.24) is 5.16 Å². The average molecular weight is 373 g/mol. The van der Waals surface area contributed by atoms with Crippen LogP contribution in [-0.2, 0) is 6.61 Å². The van der Waals surface area contributed by atoms with Crippen molar-refractivity contribution in [1.29, 1.82) is 0 Å². The smallest absolute Gasteiger partial charge is 0.278 e. The van der Waals surface area contributed by atoms with E-state index in [9.17, 15) is 4.79 Å². The van der Waals surface area contributed by atoms with Crippen molar-refractivity contribution in [3.63, 3.8) is 0 Å². The van der Waals surface area contributed by atoms with Crippen molar-refractivity contribution in [2.75, 3.05) is 12.4 Å². The first-order chi connectivity index (χ1) is 12.6. The molecule has 134 valence electrons. The van der Waals surface area contributed by atoms with E-state index < -0.39 is 5.91 Å². The van der Waals surface area contributed by atoms with Crippen molar-refractivity contribution in [3.8, 4) is 11.5 Å². The summed E-state index contributed by atoms with van der Waals surface area (Å²) in [6.45, 7) is 1.86. The molecule has 2 aromatic carbocycles. The molecule has 0 bridgehead atoms. The van der Waals surface area contributed by atoms with E-state index >= 15 is 0 Å². The molecule has 0 aliphatic carbocycles. The molecule has 0 fully saturated rings. The lowest BCUT2D eigenvalue weighted by molar-refractivity contribution is 0.101. The summed E-state index contributed by atoms with van der Waals surface area (Å²) in [6, 6.07) is 14.1. The molecule has 0 atom stereocenters. The summed E-state index contributed by atoms with van der Waals surface area (Å²) in [6.07, 6.45) is 0. The maximum absolute atomic E-state index is 12.6. The third-order valence-corrected chi connectivity index (χ3v) is 3.97. The molecule has 7 heteroatoms. The second-order valence-corrected chi connectivity index (χ2v) is 5.90. The fourth-order valence-electron chi connectivity index (χ4n) is 2.38.